The Kier molecular flexibility index (Phi) is 6.14. The molecule has 0 amide bonds. The van der Waals surface area contributed by atoms with E-state index in [1.54, 1.807) is 18.4 Å². The second-order valence-corrected chi connectivity index (χ2v) is 12.1. The van der Waals surface area contributed by atoms with E-state index in [4.69, 9.17) is 9.16 Å². The van der Waals surface area contributed by atoms with Crippen molar-refractivity contribution in [3.8, 4) is 0 Å². The van der Waals surface area contributed by atoms with Gasteiger partial charge in [-0.05, 0) is 29.6 Å². The third-order valence-corrected chi connectivity index (χ3v) is 7.44. The van der Waals surface area contributed by atoms with Gasteiger partial charge in [0, 0.05) is 6.08 Å². The van der Waals surface area contributed by atoms with Crippen molar-refractivity contribution in [1.29, 1.82) is 0 Å². The summed E-state index contributed by atoms with van der Waals surface area (Å²) in [6.45, 7) is 21.1. The topological polar surface area (TPSA) is 18.5 Å². The summed E-state index contributed by atoms with van der Waals surface area (Å²) in [5.41, 5.74) is 0.0136. The van der Waals surface area contributed by atoms with Gasteiger partial charge in [0.25, 0.3) is 14.3 Å². The van der Waals surface area contributed by atoms with Crippen molar-refractivity contribution in [1.82, 2.24) is 0 Å². The van der Waals surface area contributed by atoms with Crippen molar-refractivity contribution in [3.05, 3.63) is 37.0 Å². The molecule has 0 aliphatic heterocycles. The van der Waals surface area contributed by atoms with Crippen LogP contribution in [0.3, 0.4) is 0 Å². The lowest BCUT2D eigenvalue weighted by Crippen LogP contribution is -2.40. The maximum atomic E-state index is 6.22. The number of hydrogen-bond acceptors (Lipinski definition) is 2. The average Bonchev–Trinajstić information content (AvgIpc) is 2.12. The first-order valence-electron chi connectivity index (χ1n) is 6.75. The Balaban J connectivity index is 5.12. The molecule has 0 spiro atoms. The van der Waals surface area contributed by atoms with Gasteiger partial charge in [0.1, 0.15) is 0 Å². The van der Waals surface area contributed by atoms with Gasteiger partial charge in [-0.2, -0.15) is 0 Å². The van der Waals surface area contributed by atoms with E-state index >= 15 is 0 Å². The molecule has 0 atom stereocenters. The highest BCUT2D eigenvalue weighted by Gasteiger charge is 2.40. The highest BCUT2D eigenvalue weighted by atomic mass is 28.4. The molecule has 0 saturated carbocycles. The van der Waals surface area contributed by atoms with Gasteiger partial charge < -0.3 is 9.16 Å². The van der Waals surface area contributed by atoms with Gasteiger partial charge in [-0.3, -0.25) is 0 Å². The van der Waals surface area contributed by atoms with Crippen LogP contribution in [0, 0.1) is 5.41 Å². The standard InChI is InChI=1S/C16H30O2Si/c1-10-11-12-17-14(13-15(2,3)4)18-19(8,9)16(5,6)7/h10-13H,1H2,2-9H3/b12-11+,14-13-. The van der Waals surface area contributed by atoms with E-state index in [0.717, 1.165) is 0 Å². The van der Waals surface area contributed by atoms with E-state index in [1.807, 2.05) is 6.08 Å². The highest BCUT2D eigenvalue weighted by Crippen LogP contribution is 2.38. The maximum absolute atomic E-state index is 6.22. The Morgan fingerprint density at radius 3 is 1.95 bits per heavy atom. The molecule has 3 heteroatoms. The Morgan fingerprint density at radius 1 is 1.05 bits per heavy atom. The number of rotatable bonds is 5. The van der Waals surface area contributed by atoms with E-state index in [2.05, 4.69) is 61.2 Å². The molecule has 0 radical (unpaired) electrons. The summed E-state index contributed by atoms with van der Waals surface area (Å²) in [5.74, 6) is 0.595. The Bertz CT molecular complexity index is 352. The smallest absolute Gasteiger partial charge is 0.266 e. The molecule has 110 valence electrons. The Morgan fingerprint density at radius 2 is 1.58 bits per heavy atom. The quantitative estimate of drug-likeness (QED) is 0.370. The van der Waals surface area contributed by atoms with Crippen LogP contribution in [-0.2, 0) is 9.16 Å². The molecule has 0 saturated heterocycles. The fraction of sp³-hybridized carbons (Fsp3) is 0.625. The Hall–Kier alpha value is -0.963. The third kappa shape index (κ3) is 7.26. The predicted octanol–water partition coefficient (Wildman–Crippen LogP) is 5.61. The van der Waals surface area contributed by atoms with Gasteiger partial charge in [0.15, 0.2) is 0 Å². The molecule has 0 fully saturated rings. The first kappa shape index (κ1) is 18.0. The van der Waals surface area contributed by atoms with Crippen LogP contribution in [0.4, 0.5) is 0 Å². The van der Waals surface area contributed by atoms with Crippen LogP contribution in [0.2, 0.25) is 18.1 Å². The minimum Gasteiger partial charge on any atom is -0.519 e. The first-order chi connectivity index (χ1) is 8.39. The van der Waals surface area contributed by atoms with Crippen LogP contribution >= 0.6 is 0 Å². The molecule has 0 aromatic carbocycles. The number of allylic oxidation sites excluding steroid dienone is 3. The lowest BCUT2D eigenvalue weighted by molar-refractivity contribution is 0.165. The minimum atomic E-state index is -1.88. The summed E-state index contributed by atoms with van der Waals surface area (Å²) < 4.78 is 11.8. The van der Waals surface area contributed by atoms with Crippen molar-refractivity contribution in [3.63, 3.8) is 0 Å². The van der Waals surface area contributed by atoms with Crippen LogP contribution in [0.15, 0.2) is 37.0 Å². The van der Waals surface area contributed by atoms with Gasteiger partial charge in [-0.25, -0.2) is 0 Å². The molecule has 0 heterocycles. The highest BCUT2D eigenvalue weighted by molar-refractivity contribution is 6.74. The van der Waals surface area contributed by atoms with Crippen molar-refractivity contribution < 1.29 is 9.16 Å². The van der Waals surface area contributed by atoms with Crippen LogP contribution in [0.25, 0.3) is 0 Å². The van der Waals surface area contributed by atoms with Gasteiger partial charge >= 0.3 is 0 Å². The molecular weight excluding hydrogens is 252 g/mol. The summed E-state index contributed by atoms with van der Waals surface area (Å²) in [7, 11) is -1.88. The van der Waals surface area contributed by atoms with Gasteiger partial charge in [0.2, 0.25) is 0 Å². The zero-order chi connectivity index (χ0) is 15.3. The van der Waals surface area contributed by atoms with Crippen LogP contribution in [0.5, 0.6) is 0 Å². The fourth-order valence-corrected chi connectivity index (χ4v) is 1.92. The maximum Gasteiger partial charge on any atom is 0.266 e. The SMILES string of the molecule is C=C/C=C/O/C(=C/C(C)(C)C)O[Si](C)(C)C(C)(C)C. The van der Waals surface area contributed by atoms with E-state index in [1.165, 1.54) is 0 Å². The van der Waals surface area contributed by atoms with E-state index in [9.17, 15) is 0 Å². The van der Waals surface area contributed by atoms with Crippen LogP contribution in [-0.4, -0.2) is 8.32 Å². The molecular formula is C16H30O2Si. The summed E-state index contributed by atoms with van der Waals surface area (Å²) in [5, 5.41) is 0.148. The largest absolute Gasteiger partial charge is 0.519 e. The molecule has 19 heavy (non-hydrogen) atoms. The molecule has 0 rings (SSSR count). The monoisotopic (exact) mass is 282 g/mol. The first-order valence-corrected chi connectivity index (χ1v) is 9.66. The minimum absolute atomic E-state index is 0.0136. The van der Waals surface area contributed by atoms with E-state index in [-0.39, 0.29) is 10.5 Å². The second-order valence-electron chi connectivity index (χ2n) is 7.37. The number of hydrogen-bond donors (Lipinski definition) is 0. The third-order valence-electron chi connectivity index (χ3n) is 3.11. The van der Waals surface area contributed by atoms with Gasteiger partial charge in [-0.15, -0.1) is 0 Å². The normalized spacial score (nSPS) is 14.6. The molecule has 0 aliphatic rings. The molecule has 0 unspecified atom stereocenters. The predicted molar refractivity (Wildman–Crippen MR) is 86.2 cm³/mol. The number of ether oxygens (including phenoxy) is 1. The zero-order valence-corrected chi connectivity index (χ0v) is 14.8. The molecule has 0 bridgehead atoms. The van der Waals surface area contributed by atoms with Crippen molar-refractivity contribution in [2.45, 2.75) is 59.7 Å². The summed E-state index contributed by atoms with van der Waals surface area (Å²) in [4.78, 5) is 0. The molecule has 0 aromatic heterocycles. The summed E-state index contributed by atoms with van der Waals surface area (Å²) >= 11 is 0. The molecule has 0 aliphatic carbocycles. The lowest BCUT2D eigenvalue weighted by Gasteiger charge is -2.37. The summed E-state index contributed by atoms with van der Waals surface area (Å²) in [6.07, 6.45) is 7.07. The van der Waals surface area contributed by atoms with Gasteiger partial charge in [-0.1, -0.05) is 54.2 Å². The Labute approximate surface area is 120 Å². The summed E-state index contributed by atoms with van der Waals surface area (Å²) in [6, 6.07) is 0. The van der Waals surface area contributed by atoms with E-state index in [0.29, 0.717) is 5.95 Å². The molecule has 2 nitrogen and oxygen atoms in total. The average molecular weight is 282 g/mol. The molecule has 0 aromatic rings. The second kappa shape index (κ2) is 6.46. The van der Waals surface area contributed by atoms with Gasteiger partial charge in [0.05, 0.1) is 6.26 Å². The van der Waals surface area contributed by atoms with Crippen molar-refractivity contribution in [2.24, 2.45) is 5.41 Å². The van der Waals surface area contributed by atoms with Crippen LogP contribution in [0.1, 0.15) is 41.5 Å². The fourth-order valence-electron chi connectivity index (χ4n) is 1.01. The lowest BCUT2D eigenvalue weighted by atomic mass is 9.97. The van der Waals surface area contributed by atoms with E-state index < -0.39 is 8.32 Å². The van der Waals surface area contributed by atoms with Crippen molar-refractivity contribution >= 4 is 8.32 Å². The van der Waals surface area contributed by atoms with Crippen molar-refractivity contribution in [2.75, 3.05) is 0 Å². The van der Waals surface area contributed by atoms with Crippen LogP contribution < -0.4 is 0 Å². The molecule has 0 N–H and O–H groups in total. The zero-order valence-electron chi connectivity index (χ0n) is 13.8.